The van der Waals surface area contributed by atoms with Crippen LogP contribution in [0.5, 0.6) is 0 Å². The molecule has 7 nitrogen and oxygen atoms in total. The number of pyridine rings is 1. The molecule has 0 unspecified atom stereocenters. The molecule has 0 amide bonds. The lowest BCUT2D eigenvalue weighted by atomic mass is 10.3. The van der Waals surface area contributed by atoms with Gasteiger partial charge in [-0.2, -0.15) is 5.10 Å². The minimum absolute atomic E-state index is 0.0727. The Bertz CT molecular complexity index is 737. The fraction of sp³-hybridized carbons (Fsp3) is 0.250. The van der Waals surface area contributed by atoms with E-state index < -0.39 is 10.0 Å². The number of nitrogens with zero attached hydrogens (tertiary/aromatic N) is 3. The van der Waals surface area contributed by atoms with Crippen molar-refractivity contribution in [2.45, 2.75) is 11.3 Å². The number of hydrogen-bond acceptors (Lipinski definition) is 5. The zero-order chi connectivity index (χ0) is 15.5. The molecule has 0 saturated heterocycles. The first-order valence-electron chi connectivity index (χ1n) is 6.12. The van der Waals surface area contributed by atoms with Gasteiger partial charge in [0.2, 0.25) is 10.0 Å². The Kier molecular flexibility index (Phi) is 4.66. The first kappa shape index (κ1) is 15.5. The summed E-state index contributed by atoms with van der Waals surface area (Å²) >= 11 is 4.77. The van der Waals surface area contributed by atoms with Crippen LogP contribution < -0.4 is 10.5 Å². The minimum Gasteiger partial charge on any atom is -0.388 e. The van der Waals surface area contributed by atoms with Gasteiger partial charge in [-0.1, -0.05) is 12.2 Å². The summed E-state index contributed by atoms with van der Waals surface area (Å²) in [4.78, 5) is 4.11. The summed E-state index contributed by atoms with van der Waals surface area (Å²) in [6.45, 7) is 0.260. The Labute approximate surface area is 128 Å². The van der Waals surface area contributed by atoms with E-state index in [1.807, 2.05) is 19.3 Å². The van der Waals surface area contributed by atoms with Gasteiger partial charge in [0.1, 0.15) is 9.88 Å². The highest BCUT2D eigenvalue weighted by Crippen LogP contribution is 2.08. The number of aryl methyl sites for hydroxylation is 1. The van der Waals surface area contributed by atoms with Gasteiger partial charge in [-0.25, -0.2) is 13.1 Å². The molecule has 2 aromatic heterocycles. The lowest BCUT2D eigenvalue weighted by Crippen LogP contribution is -2.26. The minimum atomic E-state index is -3.60. The van der Waals surface area contributed by atoms with Crippen molar-refractivity contribution >= 4 is 27.2 Å². The lowest BCUT2D eigenvalue weighted by molar-refractivity contribution is 0.580. The number of hydrogen-bond donors (Lipinski definition) is 2. The van der Waals surface area contributed by atoms with Gasteiger partial charge >= 0.3 is 0 Å². The van der Waals surface area contributed by atoms with Gasteiger partial charge in [0, 0.05) is 32.4 Å². The number of sulfonamides is 1. The molecule has 0 aliphatic carbocycles. The molecule has 0 saturated carbocycles. The van der Waals surface area contributed by atoms with Gasteiger partial charge in [0.25, 0.3) is 0 Å². The second kappa shape index (κ2) is 6.29. The van der Waals surface area contributed by atoms with Gasteiger partial charge in [-0.05, 0) is 18.2 Å². The maximum absolute atomic E-state index is 12.1. The van der Waals surface area contributed by atoms with Crippen molar-refractivity contribution in [1.82, 2.24) is 19.5 Å². The average molecular weight is 325 g/mol. The van der Waals surface area contributed by atoms with Crippen molar-refractivity contribution in [3.05, 3.63) is 42.0 Å². The van der Waals surface area contributed by atoms with E-state index in [4.69, 9.17) is 18.0 Å². The van der Waals surface area contributed by atoms with Crippen LogP contribution in [-0.4, -0.2) is 34.7 Å². The van der Waals surface area contributed by atoms with Crippen molar-refractivity contribution in [2.24, 2.45) is 12.8 Å². The second-order valence-electron chi connectivity index (χ2n) is 4.37. The third kappa shape index (κ3) is 4.06. The maximum Gasteiger partial charge on any atom is 0.242 e. The van der Waals surface area contributed by atoms with E-state index >= 15 is 0 Å². The molecule has 2 heterocycles. The monoisotopic (exact) mass is 325 g/mol. The van der Waals surface area contributed by atoms with Crippen molar-refractivity contribution in [1.29, 1.82) is 0 Å². The fourth-order valence-corrected chi connectivity index (χ4v) is 2.78. The highest BCUT2D eigenvalue weighted by Gasteiger charge is 2.14. The summed E-state index contributed by atoms with van der Waals surface area (Å²) in [5.74, 6) is 0. The van der Waals surface area contributed by atoms with Gasteiger partial charge < -0.3 is 5.73 Å². The van der Waals surface area contributed by atoms with Gasteiger partial charge in [0.15, 0.2) is 0 Å². The topological polar surface area (TPSA) is 103 Å². The molecule has 0 aromatic carbocycles. The van der Waals surface area contributed by atoms with E-state index in [2.05, 4.69) is 14.8 Å². The van der Waals surface area contributed by atoms with Crippen LogP contribution in [0.2, 0.25) is 0 Å². The molecule has 0 spiro atoms. The molecule has 9 heteroatoms. The standard InChI is InChI=1S/C12H15N5O2S2/c1-17-7-5-9(16-17)4-6-15-21(18,19)10-2-3-11(12(13)20)14-8-10/h2-3,5,7-8,15H,4,6H2,1H3,(H2,13,20). The Morgan fingerprint density at radius 1 is 1.43 bits per heavy atom. The van der Waals surface area contributed by atoms with E-state index in [0.717, 1.165) is 5.69 Å². The Balaban J connectivity index is 1.99. The number of rotatable bonds is 6. The Morgan fingerprint density at radius 2 is 2.19 bits per heavy atom. The number of nitrogens with two attached hydrogens (primary N) is 1. The van der Waals surface area contributed by atoms with E-state index in [1.54, 1.807) is 4.68 Å². The largest absolute Gasteiger partial charge is 0.388 e. The lowest BCUT2D eigenvalue weighted by Gasteiger charge is -2.06. The summed E-state index contributed by atoms with van der Waals surface area (Å²) in [5.41, 5.74) is 6.62. The van der Waals surface area contributed by atoms with Crippen LogP contribution in [0, 0.1) is 0 Å². The van der Waals surface area contributed by atoms with Crippen LogP contribution in [0.25, 0.3) is 0 Å². The Morgan fingerprint density at radius 3 is 2.71 bits per heavy atom. The number of nitrogens with one attached hydrogen (secondary N) is 1. The van der Waals surface area contributed by atoms with Crippen LogP contribution in [0.15, 0.2) is 35.5 Å². The molecule has 0 bridgehead atoms. The van der Waals surface area contributed by atoms with Crippen LogP contribution in [-0.2, 0) is 23.5 Å². The quantitative estimate of drug-likeness (QED) is 0.723. The normalized spacial score (nSPS) is 11.5. The summed E-state index contributed by atoms with van der Waals surface area (Å²) in [7, 11) is -1.79. The third-order valence-corrected chi connectivity index (χ3v) is 4.40. The molecule has 3 N–H and O–H groups in total. The molecule has 2 rings (SSSR count). The van der Waals surface area contributed by atoms with Crippen molar-refractivity contribution < 1.29 is 8.42 Å². The van der Waals surface area contributed by atoms with Crippen LogP contribution in [0.4, 0.5) is 0 Å². The van der Waals surface area contributed by atoms with E-state index in [9.17, 15) is 8.42 Å². The molecule has 0 aliphatic rings. The van der Waals surface area contributed by atoms with Crippen molar-refractivity contribution in [3.63, 3.8) is 0 Å². The molecule has 0 atom stereocenters. The third-order valence-electron chi connectivity index (χ3n) is 2.74. The molecule has 0 radical (unpaired) electrons. The highest BCUT2D eigenvalue weighted by molar-refractivity contribution is 7.89. The molecule has 21 heavy (non-hydrogen) atoms. The molecule has 0 aliphatic heterocycles. The molecular formula is C12H15N5O2S2. The summed E-state index contributed by atoms with van der Waals surface area (Å²) in [6.07, 6.45) is 3.55. The number of aromatic nitrogens is 3. The fourth-order valence-electron chi connectivity index (χ4n) is 1.68. The van der Waals surface area contributed by atoms with E-state index in [0.29, 0.717) is 12.1 Å². The molecule has 0 fully saturated rings. The van der Waals surface area contributed by atoms with E-state index in [-0.39, 0.29) is 16.4 Å². The zero-order valence-corrected chi connectivity index (χ0v) is 13.0. The maximum atomic E-state index is 12.1. The zero-order valence-electron chi connectivity index (χ0n) is 11.4. The molecular weight excluding hydrogens is 310 g/mol. The SMILES string of the molecule is Cn1ccc(CCNS(=O)(=O)c2ccc(C(N)=S)nc2)n1. The average Bonchev–Trinajstić information content (AvgIpc) is 2.84. The van der Waals surface area contributed by atoms with Gasteiger partial charge in [-0.15, -0.1) is 0 Å². The van der Waals surface area contributed by atoms with Crippen molar-refractivity contribution in [3.8, 4) is 0 Å². The molecule has 2 aromatic rings. The first-order valence-corrected chi connectivity index (χ1v) is 8.02. The van der Waals surface area contributed by atoms with E-state index in [1.165, 1.54) is 18.3 Å². The summed E-state index contributed by atoms with van der Waals surface area (Å²) in [6, 6.07) is 4.74. The van der Waals surface area contributed by atoms with Crippen LogP contribution in [0.3, 0.4) is 0 Å². The predicted octanol–water partition coefficient (Wildman–Crippen LogP) is -0.0297. The first-order chi connectivity index (χ1) is 9.88. The summed E-state index contributed by atoms with van der Waals surface area (Å²) in [5, 5.41) is 4.18. The second-order valence-corrected chi connectivity index (χ2v) is 6.58. The summed E-state index contributed by atoms with van der Waals surface area (Å²) < 4.78 is 28.3. The van der Waals surface area contributed by atoms with Gasteiger partial charge in [-0.3, -0.25) is 9.67 Å². The van der Waals surface area contributed by atoms with Crippen LogP contribution >= 0.6 is 12.2 Å². The predicted molar refractivity (Wildman–Crippen MR) is 82.2 cm³/mol. The van der Waals surface area contributed by atoms with Gasteiger partial charge in [0.05, 0.1) is 11.4 Å². The number of thiocarbonyl (C=S) groups is 1. The van der Waals surface area contributed by atoms with Crippen LogP contribution in [0.1, 0.15) is 11.4 Å². The molecule has 112 valence electrons. The Hall–Kier alpha value is -1.84. The highest BCUT2D eigenvalue weighted by atomic mass is 32.2. The smallest absolute Gasteiger partial charge is 0.242 e. The van der Waals surface area contributed by atoms with Crippen molar-refractivity contribution in [2.75, 3.05) is 6.54 Å².